The number of hydrogen-bond acceptors (Lipinski definition) is 5. The highest BCUT2D eigenvalue weighted by Gasteiger charge is 2.38. The number of nitrogens with one attached hydrogen (secondary N) is 1. The number of rotatable bonds is 4. The number of nitrogens with zero attached hydrogens (tertiary/aromatic N) is 1. The first kappa shape index (κ1) is 14.4. The number of aliphatic carboxylic acids is 1. The van der Waals surface area contributed by atoms with Gasteiger partial charge in [-0.3, -0.25) is 14.4 Å². The lowest BCUT2D eigenvalue weighted by molar-refractivity contribution is -0.143. The molecule has 1 aliphatic rings. The molecule has 0 bridgehead atoms. The van der Waals surface area contributed by atoms with Crippen LogP contribution in [0.5, 0.6) is 0 Å². The van der Waals surface area contributed by atoms with Crippen molar-refractivity contribution in [2.75, 3.05) is 13.1 Å². The molecule has 18 heavy (non-hydrogen) atoms. The highest BCUT2D eigenvalue weighted by molar-refractivity contribution is 5.91. The van der Waals surface area contributed by atoms with Crippen LogP contribution in [0.15, 0.2) is 0 Å². The van der Waals surface area contributed by atoms with Crippen molar-refractivity contribution in [2.24, 2.45) is 5.73 Å². The van der Waals surface area contributed by atoms with Gasteiger partial charge in [-0.1, -0.05) is 0 Å². The fraction of sp³-hybridized carbons (Fsp3) is 0.700. The summed E-state index contributed by atoms with van der Waals surface area (Å²) in [5, 5.41) is 20.4. The second-order valence-electron chi connectivity index (χ2n) is 4.22. The van der Waals surface area contributed by atoms with Crippen LogP contribution in [0.1, 0.15) is 13.3 Å². The predicted molar refractivity (Wildman–Crippen MR) is 60.4 cm³/mol. The fourth-order valence-corrected chi connectivity index (χ4v) is 1.83. The molecule has 102 valence electrons. The van der Waals surface area contributed by atoms with E-state index in [9.17, 15) is 19.5 Å². The lowest BCUT2D eigenvalue weighted by Gasteiger charge is -2.23. The third kappa shape index (κ3) is 3.17. The molecule has 1 heterocycles. The van der Waals surface area contributed by atoms with Crippen LogP contribution < -0.4 is 11.1 Å². The molecular formula is C10H17N3O5. The quantitative estimate of drug-likeness (QED) is 0.441. The van der Waals surface area contributed by atoms with Gasteiger partial charge in [-0.15, -0.1) is 0 Å². The average molecular weight is 259 g/mol. The molecule has 0 saturated carbocycles. The standard InChI is InChI=1S/C10H17N3O5/c1-5(10(17)18)12-9(16)7-2-6(14)4-13(7)8(15)3-11/h5-7,14H,2-4,11H2,1H3,(H,12,16)(H,17,18)/t5-,6+,7+/m1/s1. The largest absolute Gasteiger partial charge is 0.480 e. The lowest BCUT2D eigenvalue weighted by Crippen LogP contribution is -2.51. The SMILES string of the molecule is C[C@@H](NC(=O)[C@@H]1C[C@H](O)CN1C(=O)CN)C(=O)O. The predicted octanol–water partition coefficient (Wildman–Crippen LogP) is -2.50. The first-order chi connectivity index (χ1) is 8.36. The monoisotopic (exact) mass is 259 g/mol. The summed E-state index contributed by atoms with van der Waals surface area (Å²) in [6, 6.07) is -1.91. The second-order valence-corrected chi connectivity index (χ2v) is 4.22. The van der Waals surface area contributed by atoms with E-state index in [2.05, 4.69) is 5.32 Å². The number of carboxylic acid groups (broad SMARTS) is 1. The van der Waals surface area contributed by atoms with Gasteiger partial charge in [-0.2, -0.15) is 0 Å². The van der Waals surface area contributed by atoms with Gasteiger partial charge in [0.1, 0.15) is 12.1 Å². The van der Waals surface area contributed by atoms with E-state index in [1.54, 1.807) is 0 Å². The van der Waals surface area contributed by atoms with Gasteiger partial charge in [0.2, 0.25) is 11.8 Å². The molecule has 8 heteroatoms. The van der Waals surface area contributed by atoms with Crippen molar-refractivity contribution >= 4 is 17.8 Å². The summed E-state index contributed by atoms with van der Waals surface area (Å²) in [4.78, 5) is 35.1. The molecule has 0 unspecified atom stereocenters. The highest BCUT2D eigenvalue weighted by Crippen LogP contribution is 2.18. The molecular weight excluding hydrogens is 242 g/mol. The van der Waals surface area contributed by atoms with E-state index in [0.717, 1.165) is 0 Å². The van der Waals surface area contributed by atoms with Crippen LogP contribution in [0.3, 0.4) is 0 Å². The van der Waals surface area contributed by atoms with Crippen molar-refractivity contribution in [3.63, 3.8) is 0 Å². The zero-order valence-electron chi connectivity index (χ0n) is 10.00. The summed E-state index contributed by atoms with van der Waals surface area (Å²) in [5.74, 6) is -2.21. The van der Waals surface area contributed by atoms with Crippen molar-refractivity contribution in [3.05, 3.63) is 0 Å². The minimum atomic E-state index is -1.17. The molecule has 0 aromatic carbocycles. The molecule has 8 nitrogen and oxygen atoms in total. The fourth-order valence-electron chi connectivity index (χ4n) is 1.83. The van der Waals surface area contributed by atoms with E-state index < -0.39 is 36.0 Å². The van der Waals surface area contributed by atoms with Gasteiger partial charge >= 0.3 is 5.97 Å². The molecule has 0 aromatic heterocycles. The Labute approximate surface area is 104 Å². The normalized spacial score (nSPS) is 24.7. The molecule has 1 fully saturated rings. The first-order valence-electron chi connectivity index (χ1n) is 5.57. The van der Waals surface area contributed by atoms with Crippen LogP contribution >= 0.6 is 0 Å². The number of carbonyl (C=O) groups is 3. The molecule has 1 aliphatic heterocycles. The van der Waals surface area contributed by atoms with Gasteiger partial charge in [-0.05, 0) is 6.92 Å². The summed E-state index contributed by atoms with van der Waals surface area (Å²) >= 11 is 0. The molecule has 1 saturated heterocycles. The van der Waals surface area contributed by atoms with Gasteiger partial charge in [0.15, 0.2) is 0 Å². The third-order valence-electron chi connectivity index (χ3n) is 2.81. The molecule has 5 N–H and O–H groups in total. The van der Waals surface area contributed by atoms with Crippen molar-refractivity contribution < 1.29 is 24.6 Å². The maximum absolute atomic E-state index is 11.8. The summed E-state index contributed by atoms with van der Waals surface area (Å²) in [6.45, 7) is 1.10. The number of nitrogens with two attached hydrogens (primary N) is 1. The van der Waals surface area contributed by atoms with Gasteiger partial charge in [0, 0.05) is 13.0 Å². The van der Waals surface area contributed by atoms with E-state index in [0.29, 0.717) is 0 Å². The van der Waals surface area contributed by atoms with Gasteiger partial charge < -0.3 is 26.2 Å². The first-order valence-corrected chi connectivity index (χ1v) is 5.57. The van der Waals surface area contributed by atoms with E-state index in [1.165, 1.54) is 11.8 Å². The number of β-amino-alcohol motifs (C(OH)–C–C–N with tert-alkyl or cyclic N) is 1. The maximum Gasteiger partial charge on any atom is 0.325 e. The Morgan fingerprint density at radius 1 is 1.50 bits per heavy atom. The van der Waals surface area contributed by atoms with Crippen LogP contribution in [-0.4, -0.2) is 64.2 Å². The molecule has 0 aliphatic carbocycles. The van der Waals surface area contributed by atoms with E-state index >= 15 is 0 Å². The van der Waals surface area contributed by atoms with E-state index in [4.69, 9.17) is 10.8 Å². The minimum Gasteiger partial charge on any atom is -0.480 e. The number of likely N-dealkylation sites (tertiary alicyclic amines) is 1. The van der Waals surface area contributed by atoms with Gasteiger partial charge in [-0.25, -0.2) is 0 Å². The molecule has 3 atom stereocenters. The zero-order valence-corrected chi connectivity index (χ0v) is 10.00. The van der Waals surface area contributed by atoms with Crippen LogP contribution in [0.2, 0.25) is 0 Å². The summed E-state index contributed by atoms with van der Waals surface area (Å²) in [6.07, 6.45) is -0.708. The summed E-state index contributed by atoms with van der Waals surface area (Å²) in [5.41, 5.74) is 5.21. The van der Waals surface area contributed by atoms with Gasteiger partial charge in [0.25, 0.3) is 0 Å². The Hall–Kier alpha value is -1.67. The smallest absolute Gasteiger partial charge is 0.325 e. The lowest BCUT2D eigenvalue weighted by atomic mass is 10.1. The molecule has 0 aromatic rings. The number of carbonyl (C=O) groups excluding carboxylic acids is 2. The molecule has 2 amide bonds. The van der Waals surface area contributed by atoms with Crippen LogP contribution in [-0.2, 0) is 14.4 Å². The van der Waals surface area contributed by atoms with Crippen molar-refractivity contribution in [1.82, 2.24) is 10.2 Å². The van der Waals surface area contributed by atoms with Crippen LogP contribution in [0.4, 0.5) is 0 Å². The molecule has 1 rings (SSSR count). The molecule has 0 spiro atoms. The van der Waals surface area contributed by atoms with Crippen LogP contribution in [0, 0.1) is 0 Å². The van der Waals surface area contributed by atoms with Crippen molar-refractivity contribution in [3.8, 4) is 0 Å². The Morgan fingerprint density at radius 2 is 2.11 bits per heavy atom. The number of carboxylic acids is 1. The van der Waals surface area contributed by atoms with Gasteiger partial charge in [0.05, 0.1) is 12.6 Å². The highest BCUT2D eigenvalue weighted by atomic mass is 16.4. The van der Waals surface area contributed by atoms with E-state index in [1.807, 2.05) is 0 Å². The van der Waals surface area contributed by atoms with E-state index in [-0.39, 0.29) is 19.5 Å². The van der Waals surface area contributed by atoms with Crippen molar-refractivity contribution in [2.45, 2.75) is 31.5 Å². The molecule has 0 radical (unpaired) electrons. The number of aliphatic hydroxyl groups excluding tert-OH is 1. The summed E-state index contributed by atoms with van der Waals surface area (Å²) in [7, 11) is 0. The number of hydrogen-bond donors (Lipinski definition) is 4. The number of aliphatic hydroxyl groups is 1. The Morgan fingerprint density at radius 3 is 2.61 bits per heavy atom. The average Bonchev–Trinajstić information content (AvgIpc) is 2.70. The van der Waals surface area contributed by atoms with Crippen molar-refractivity contribution in [1.29, 1.82) is 0 Å². The zero-order chi connectivity index (χ0) is 13.9. The number of amides is 2. The Bertz CT molecular complexity index is 359. The van der Waals surface area contributed by atoms with Crippen LogP contribution in [0.25, 0.3) is 0 Å². The maximum atomic E-state index is 11.8. The Kier molecular flexibility index (Phi) is 4.62. The third-order valence-corrected chi connectivity index (χ3v) is 2.81. The Balaban J connectivity index is 2.70. The second kappa shape index (κ2) is 5.78. The minimum absolute atomic E-state index is 0.0373. The summed E-state index contributed by atoms with van der Waals surface area (Å²) < 4.78 is 0. The topological polar surface area (TPSA) is 133 Å².